The summed E-state index contributed by atoms with van der Waals surface area (Å²) in [6.07, 6.45) is 1.80. The van der Waals surface area contributed by atoms with E-state index in [1.54, 1.807) is 6.20 Å². The van der Waals surface area contributed by atoms with Crippen molar-refractivity contribution in [1.29, 1.82) is 0 Å². The van der Waals surface area contributed by atoms with Gasteiger partial charge in [0.2, 0.25) is 0 Å². The van der Waals surface area contributed by atoms with Crippen molar-refractivity contribution in [2.75, 3.05) is 12.4 Å². The molecule has 0 aliphatic heterocycles. The molecule has 1 heterocycles. The predicted molar refractivity (Wildman–Crippen MR) is 59.4 cm³/mol. The van der Waals surface area contributed by atoms with Crippen molar-refractivity contribution in [3.05, 3.63) is 18.3 Å². The Labute approximate surface area is 84.1 Å². The lowest BCUT2D eigenvalue weighted by molar-refractivity contribution is 0.802. The number of nitrogens with one attached hydrogen (secondary N) is 1. The van der Waals surface area contributed by atoms with Crippen LogP contribution < -0.4 is 5.32 Å². The van der Waals surface area contributed by atoms with E-state index in [2.05, 4.69) is 37.1 Å². The molecule has 1 aromatic rings. The zero-order chi connectivity index (χ0) is 9.90. The molecule has 0 amide bonds. The van der Waals surface area contributed by atoms with Crippen LogP contribution in [0, 0.1) is 0 Å². The van der Waals surface area contributed by atoms with Gasteiger partial charge < -0.3 is 5.32 Å². The number of hydrogen-bond donors (Lipinski definition) is 1. The van der Waals surface area contributed by atoms with Crippen LogP contribution in [-0.4, -0.2) is 16.8 Å². The van der Waals surface area contributed by atoms with E-state index in [1.165, 1.54) is 4.90 Å². The number of rotatable bonds is 2. The minimum atomic E-state index is 0.231. The first kappa shape index (κ1) is 10.4. The summed E-state index contributed by atoms with van der Waals surface area (Å²) in [7, 11) is 1.90. The first-order valence-electron chi connectivity index (χ1n) is 4.35. The fourth-order valence-electron chi connectivity index (χ4n) is 0.991. The van der Waals surface area contributed by atoms with Crippen molar-refractivity contribution in [1.82, 2.24) is 4.98 Å². The molecule has 0 bridgehead atoms. The van der Waals surface area contributed by atoms with Crippen molar-refractivity contribution in [3.63, 3.8) is 0 Å². The van der Waals surface area contributed by atoms with Crippen molar-refractivity contribution in [2.45, 2.75) is 30.4 Å². The highest BCUT2D eigenvalue weighted by molar-refractivity contribution is 8.00. The Balaban J connectivity index is 2.87. The highest BCUT2D eigenvalue weighted by atomic mass is 32.2. The number of anilines is 1. The summed E-state index contributed by atoms with van der Waals surface area (Å²) in [6, 6.07) is 4.06. The van der Waals surface area contributed by atoms with Gasteiger partial charge in [-0.1, -0.05) is 20.8 Å². The van der Waals surface area contributed by atoms with E-state index >= 15 is 0 Å². The van der Waals surface area contributed by atoms with Crippen LogP contribution in [0.15, 0.2) is 23.2 Å². The molecule has 0 atom stereocenters. The van der Waals surface area contributed by atoms with Gasteiger partial charge in [-0.3, -0.25) is 0 Å². The van der Waals surface area contributed by atoms with E-state index in [4.69, 9.17) is 0 Å². The molecule has 0 saturated carbocycles. The molecule has 0 saturated heterocycles. The van der Waals surface area contributed by atoms with Gasteiger partial charge in [-0.25, -0.2) is 4.98 Å². The Bertz CT molecular complexity index is 278. The lowest BCUT2D eigenvalue weighted by atomic mass is 10.3. The average molecular weight is 196 g/mol. The monoisotopic (exact) mass is 196 g/mol. The number of nitrogens with zero attached hydrogens (tertiary/aromatic N) is 1. The van der Waals surface area contributed by atoms with Crippen molar-refractivity contribution < 1.29 is 0 Å². The summed E-state index contributed by atoms with van der Waals surface area (Å²) in [5.74, 6) is 0.961. The van der Waals surface area contributed by atoms with E-state index in [0.29, 0.717) is 0 Å². The van der Waals surface area contributed by atoms with E-state index in [0.717, 1.165) is 5.82 Å². The number of hydrogen-bond acceptors (Lipinski definition) is 3. The fraction of sp³-hybridized carbons (Fsp3) is 0.500. The molecule has 2 nitrogen and oxygen atoms in total. The Kier molecular flexibility index (Phi) is 3.20. The summed E-state index contributed by atoms with van der Waals surface area (Å²) in [5.41, 5.74) is 0. The summed E-state index contributed by atoms with van der Waals surface area (Å²) in [6.45, 7) is 6.60. The van der Waals surface area contributed by atoms with Gasteiger partial charge in [-0.2, -0.15) is 0 Å². The molecule has 0 aromatic carbocycles. The van der Waals surface area contributed by atoms with Gasteiger partial charge in [0.1, 0.15) is 5.82 Å². The Morgan fingerprint density at radius 3 is 2.62 bits per heavy atom. The van der Waals surface area contributed by atoms with E-state index in [9.17, 15) is 0 Å². The minimum Gasteiger partial charge on any atom is -0.372 e. The third kappa shape index (κ3) is 3.27. The van der Waals surface area contributed by atoms with Crippen molar-refractivity contribution in [2.24, 2.45) is 0 Å². The molecule has 0 radical (unpaired) electrons. The van der Waals surface area contributed by atoms with E-state index < -0.39 is 0 Å². The fourth-order valence-corrected chi connectivity index (χ4v) is 2.05. The zero-order valence-electron chi connectivity index (χ0n) is 8.59. The van der Waals surface area contributed by atoms with E-state index in [1.807, 2.05) is 24.9 Å². The Hall–Kier alpha value is -0.700. The molecule has 72 valence electrons. The second-order valence-corrected chi connectivity index (χ2v) is 5.68. The lowest BCUT2D eigenvalue weighted by Gasteiger charge is -2.18. The predicted octanol–water partition coefficient (Wildman–Crippen LogP) is 3.01. The standard InChI is InChI=1S/C10H16N2S/c1-10(2,3)13-8-6-5-7-12-9(8)11-4/h5-7H,1-4H3,(H,11,12). The average Bonchev–Trinajstić information content (AvgIpc) is 2.02. The largest absolute Gasteiger partial charge is 0.372 e. The zero-order valence-corrected chi connectivity index (χ0v) is 9.40. The van der Waals surface area contributed by atoms with Crippen LogP contribution in [0.3, 0.4) is 0 Å². The van der Waals surface area contributed by atoms with Gasteiger partial charge in [0.25, 0.3) is 0 Å². The molecule has 1 rings (SSSR count). The molecular formula is C10H16N2S. The third-order valence-corrected chi connectivity index (χ3v) is 2.59. The van der Waals surface area contributed by atoms with Gasteiger partial charge in [0.05, 0.1) is 4.90 Å². The first-order valence-corrected chi connectivity index (χ1v) is 5.16. The summed E-state index contributed by atoms with van der Waals surface area (Å²) in [4.78, 5) is 5.46. The maximum atomic E-state index is 4.25. The summed E-state index contributed by atoms with van der Waals surface area (Å²) in [5, 5.41) is 3.09. The van der Waals surface area contributed by atoms with Crippen LogP contribution >= 0.6 is 11.8 Å². The van der Waals surface area contributed by atoms with Gasteiger partial charge >= 0.3 is 0 Å². The molecule has 1 N–H and O–H groups in total. The number of thioether (sulfide) groups is 1. The normalized spacial score (nSPS) is 11.4. The molecule has 0 spiro atoms. The molecule has 0 aliphatic carbocycles. The molecule has 0 aliphatic rings. The molecule has 0 unspecified atom stereocenters. The molecule has 13 heavy (non-hydrogen) atoms. The summed E-state index contributed by atoms with van der Waals surface area (Å²) >= 11 is 1.83. The highest BCUT2D eigenvalue weighted by Gasteiger charge is 2.14. The molecular weight excluding hydrogens is 180 g/mol. The van der Waals surface area contributed by atoms with Crippen LogP contribution in [0.5, 0.6) is 0 Å². The number of pyridine rings is 1. The Morgan fingerprint density at radius 1 is 1.38 bits per heavy atom. The quantitative estimate of drug-likeness (QED) is 0.736. The molecule has 1 aromatic heterocycles. The van der Waals surface area contributed by atoms with Gasteiger partial charge in [0, 0.05) is 18.0 Å². The van der Waals surface area contributed by atoms with Crippen LogP contribution in [0.4, 0.5) is 5.82 Å². The number of aromatic nitrogens is 1. The van der Waals surface area contributed by atoms with Gasteiger partial charge in [-0.05, 0) is 12.1 Å². The van der Waals surface area contributed by atoms with Crippen molar-refractivity contribution >= 4 is 17.6 Å². The summed E-state index contributed by atoms with van der Waals surface area (Å²) < 4.78 is 0.231. The SMILES string of the molecule is CNc1ncccc1SC(C)(C)C. The van der Waals surface area contributed by atoms with Crippen LogP contribution in [0.1, 0.15) is 20.8 Å². The molecule has 3 heteroatoms. The topological polar surface area (TPSA) is 24.9 Å². The molecule has 0 fully saturated rings. The lowest BCUT2D eigenvalue weighted by Crippen LogP contribution is -2.07. The van der Waals surface area contributed by atoms with Crippen molar-refractivity contribution in [3.8, 4) is 0 Å². The second-order valence-electron chi connectivity index (χ2n) is 3.81. The second kappa shape index (κ2) is 4.01. The smallest absolute Gasteiger partial charge is 0.139 e. The van der Waals surface area contributed by atoms with E-state index in [-0.39, 0.29) is 4.75 Å². The van der Waals surface area contributed by atoms with Gasteiger partial charge in [0.15, 0.2) is 0 Å². The minimum absolute atomic E-state index is 0.231. The van der Waals surface area contributed by atoms with Crippen LogP contribution in [0.25, 0.3) is 0 Å². The third-order valence-electron chi connectivity index (χ3n) is 1.42. The highest BCUT2D eigenvalue weighted by Crippen LogP contribution is 2.35. The van der Waals surface area contributed by atoms with Crippen LogP contribution in [-0.2, 0) is 0 Å². The Morgan fingerprint density at radius 2 is 2.08 bits per heavy atom. The van der Waals surface area contributed by atoms with Crippen LogP contribution in [0.2, 0.25) is 0 Å². The maximum absolute atomic E-state index is 4.25. The first-order chi connectivity index (χ1) is 6.03. The maximum Gasteiger partial charge on any atom is 0.139 e. The van der Waals surface area contributed by atoms with Gasteiger partial charge in [-0.15, -0.1) is 11.8 Å².